The molecule has 3 heteroatoms. The maximum Gasteiger partial charge on any atom is 0.118 e. The lowest BCUT2D eigenvalue weighted by atomic mass is 9.84. The van der Waals surface area contributed by atoms with Gasteiger partial charge < -0.3 is 15.2 Å². The van der Waals surface area contributed by atoms with Crippen LogP contribution < -0.4 is 10.1 Å². The number of aryl methyl sites for hydroxylation is 1. The molecular weight excluding hydrogens is 262 g/mol. The highest BCUT2D eigenvalue weighted by atomic mass is 16.5. The molecule has 1 rings (SSSR count). The van der Waals surface area contributed by atoms with Gasteiger partial charge in [-0.25, -0.2) is 0 Å². The number of rotatable bonds is 8. The van der Waals surface area contributed by atoms with Crippen LogP contribution in [-0.4, -0.2) is 30.9 Å². The molecule has 0 aliphatic rings. The molecule has 2 atom stereocenters. The molecule has 0 radical (unpaired) electrons. The van der Waals surface area contributed by atoms with Crippen molar-refractivity contribution in [2.75, 3.05) is 13.7 Å². The highest BCUT2D eigenvalue weighted by Gasteiger charge is 2.24. The molecule has 0 aliphatic heterocycles. The van der Waals surface area contributed by atoms with Crippen LogP contribution in [0.25, 0.3) is 0 Å². The molecule has 0 bridgehead atoms. The zero-order chi connectivity index (χ0) is 15.9. The number of benzene rings is 1. The smallest absolute Gasteiger partial charge is 0.118 e. The highest BCUT2D eigenvalue weighted by Crippen LogP contribution is 2.22. The SMILES string of the molecule is COc1ccc(CCC(C)NC(CCO)C(C)(C)C)cc1. The number of ether oxygens (including phenoxy) is 1. The summed E-state index contributed by atoms with van der Waals surface area (Å²) in [6, 6.07) is 9.05. The first-order valence-electron chi connectivity index (χ1n) is 7.86. The molecule has 2 unspecified atom stereocenters. The second-order valence-corrected chi connectivity index (χ2v) is 6.89. The minimum absolute atomic E-state index is 0.164. The van der Waals surface area contributed by atoms with Crippen molar-refractivity contribution in [3.63, 3.8) is 0 Å². The van der Waals surface area contributed by atoms with Gasteiger partial charge in [0.05, 0.1) is 7.11 Å². The van der Waals surface area contributed by atoms with Crippen LogP contribution in [0, 0.1) is 5.41 Å². The van der Waals surface area contributed by atoms with Crippen molar-refractivity contribution >= 4 is 0 Å². The Bertz CT molecular complexity index is 395. The monoisotopic (exact) mass is 293 g/mol. The largest absolute Gasteiger partial charge is 0.497 e. The molecule has 3 nitrogen and oxygen atoms in total. The second-order valence-electron chi connectivity index (χ2n) is 6.89. The van der Waals surface area contributed by atoms with E-state index in [1.807, 2.05) is 12.1 Å². The molecule has 2 N–H and O–H groups in total. The number of aliphatic hydroxyl groups is 1. The summed E-state index contributed by atoms with van der Waals surface area (Å²) in [6.45, 7) is 9.11. The van der Waals surface area contributed by atoms with Gasteiger partial charge in [-0.05, 0) is 49.3 Å². The van der Waals surface area contributed by atoms with Gasteiger partial charge in [0.2, 0.25) is 0 Å². The molecule has 0 aliphatic carbocycles. The van der Waals surface area contributed by atoms with Crippen LogP contribution in [0.5, 0.6) is 5.75 Å². The Morgan fingerprint density at radius 2 is 1.76 bits per heavy atom. The highest BCUT2D eigenvalue weighted by molar-refractivity contribution is 5.27. The van der Waals surface area contributed by atoms with E-state index in [-0.39, 0.29) is 12.0 Å². The van der Waals surface area contributed by atoms with Crippen molar-refractivity contribution in [3.8, 4) is 5.75 Å². The Hall–Kier alpha value is -1.06. The van der Waals surface area contributed by atoms with Crippen molar-refractivity contribution < 1.29 is 9.84 Å². The summed E-state index contributed by atoms with van der Waals surface area (Å²) < 4.78 is 5.18. The average Bonchev–Trinajstić information content (AvgIpc) is 2.44. The summed E-state index contributed by atoms with van der Waals surface area (Å²) in [5.74, 6) is 0.903. The first kappa shape index (κ1) is 18.0. The van der Waals surface area contributed by atoms with E-state index in [1.54, 1.807) is 7.11 Å². The summed E-state index contributed by atoms with van der Waals surface area (Å²) in [7, 11) is 1.69. The minimum Gasteiger partial charge on any atom is -0.497 e. The third kappa shape index (κ3) is 6.49. The lowest BCUT2D eigenvalue weighted by molar-refractivity contribution is 0.186. The fourth-order valence-electron chi connectivity index (χ4n) is 2.50. The van der Waals surface area contributed by atoms with Crippen LogP contribution in [0.2, 0.25) is 0 Å². The first-order chi connectivity index (χ1) is 9.86. The third-order valence-corrected chi connectivity index (χ3v) is 3.97. The van der Waals surface area contributed by atoms with E-state index in [4.69, 9.17) is 4.74 Å². The number of nitrogens with one attached hydrogen (secondary N) is 1. The van der Waals surface area contributed by atoms with Crippen molar-refractivity contribution in [2.24, 2.45) is 5.41 Å². The summed E-state index contributed by atoms with van der Waals surface area (Å²) in [4.78, 5) is 0. The van der Waals surface area contributed by atoms with Gasteiger partial charge in [-0.15, -0.1) is 0 Å². The normalized spacial score (nSPS) is 14.8. The predicted octanol–water partition coefficient (Wildman–Crippen LogP) is 3.40. The summed E-state index contributed by atoms with van der Waals surface area (Å²) in [5.41, 5.74) is 1.50. The first-order valence-corrected chi connectivity index (χ1v) is 7.86. The molecule has 0 heterocycles. The number of methoxy groups -OCH3 is 1. The fourth-order valence-corrected chi connectivity index (χ4v) is 2.50. The minimum atomic E-state index is 0.164. The van der Waals surface area contributed by atoms with Crippen LogP contribution in [0.1, 0.15) is 46.1 Å². The molecule has 0 saturated heterocycles. The number of hydrogen-bond donors (Lipinski definition) is 2. The second kappa shape index (κ2) is 8.40. The standard InChI is InChI=1S/C18H31NO2/c1-14(19-17(12-13-20)18(2,3)4)6-7-15-8-10-16(21-5)11-9-15/h8-11,14,17,19-20H,6-7,12-13H2,1-5H3. The van der Waals surface area contributed by atoms with E-state index in [1.165, 1.54) is 5.56 Å². The molecule has 120 valence electrons. The molecule has 0 fully saturated rings. The van der Waals surface area contributed by atoms with E-state index in [0.29, 0.717) is 12.1 Å². The maximum absolute atomic E-state index is 9.22. The Morgan fingerprint density at radius 1 is 1.14 bits per heavy atom. The molecule has 1 aromatic carbocycles. The topological polar surface area (TPSA) is 41.5 Å². The van der Waals surface area contributed by atoms with Crippen molar-refractivity contribution in [1.82, 2.24) is 5.32 Å². The molecular formula is C18H31NO2. The van der Waals surface area contributed by atoms with Crippen LogP contribution in [-0.2, 0) is 6.42 Å². The number of aliphatic hydroxyl groups excluding tert-OH is 1. The zero-order valence-corrected chi connectivity index (χ0v) is 14.1. The van der Waals surface area contributed by atoms with Gasteiger partial charge in [-0.3, -0.25) is 0 Å². The van der Waals surface area contributed by atoms with Gasteiger partial charge >= 0.3 is 0 Å². The van der Waals surface area contributed by atoms with E-state index in [2.05, 4.69) is 45.1 Å². The Labute approximate surface area is 129 Å². The maximum atomic E-state index is 9.22. The molecule has 0 aromatic heterocycles. The Balaban J connectivity index is 2.46. The van der Waals surface area contributed by atoms with E-state index < -0.39 is 0 Å². The zero-order valence-electron chi connectivity index (χ0n) is 14.1. The van der Waals surface area contributed by atoms with E-state index in [9.17, 15) is 5.11 Å². The van der Waals surface area contributed by atoms with E-state index >= 15 is 0 Å². The van der Waals surface area contributed by atoms with Gasteiger partial charge in [-0.1, -0.05) is 32.9 Å². The van der Waals surface area contributed by atoms with Gasteiger partial charge in [0.15, 0.2) is 0 Å². The summed E-state index contributed by atoms with van der Waals surface area (Å²) in [6.07, 6.45) is 2.94. The summed E-state index contributed by atoms with van der Waals surface area (Å²) >= 11 is 0. The lowest BCUT2D eigenvalue weighted by Gasteiger charge is -2.34. The molecule has 0 spiro atoms. The quantitative estimate of drug-likeness (QED) is 0.772. The van der Waals surface area contributed by atoms with Crippen LogP contribution in [0.3, 0.4) is 0 Å². The molecule has 21 heavy (non-hydrogen) atoms. The van der Waals surface area contributed by atoms with E-state index in [0.717, 1.165) is 25.0 Å². The van der Waals surface area contributed by atoms with Crippen LogP contribution in [0.4, 0.5) is 0 Å². The Kier molecular flexibility index (Phi) is 7.20. The summed E-state index contributed by atoms with van der Waals surface area (Å²) in [5, 5.41) is 12.9. The predicted molar refractivity (Wildman–Crippen MR) is 88.9 cm³/mol. The van der Waals surface area contributed by atoms with Gasteiger partial charge in [0.25, 0.3) is 0 Å². The van der Waals surface area contributed by atoms with Crippen LogP contribution >= 0.6 is 0 Å². The van der Waals surface area contributed by atoms with Crippen molar-refractivity contribution in [1.29, 1.82) is 0 Å². The third-order valence-electron chi connectivity index (χ3n) is 3.97. The fraction of sp³-hybridized carbons (Fsp3) is 0.667. The van der Waals surface area contributed by atoms with Crippen molar-refractivity contribution in [2.45, 2.75) is 59.0 Å². The Morgan fingerprint density at radius 3 is 2.24 bits per heavy atom. The number of hydrogen-bond acceptors (Lipinski definition) is 3. The molecule has 1 aromatic rings. The van der Waals surface area contributed by atoms with Gasteiger partial charge in [-0.2, -0.15) is 0 Å². The van der Waals surface area contributed by atoms with Crippen LogP contribution in [0.15, 0.2) is 24.3 Å². The van der Waals surface area contributed by atoms with Gasteiger partial charge in [0, 0.05) is 18.7 Å². The van der Waals surface area contributed by atoms with Crippen molar-refractivity contribution in [3.05, 3.63) is 29.8 Å². The molecule has 0 amide bonds. The van der Waals surface area contributed by atoms with Gasteiger partial charge in [0.1, 0.15) is 5.75 Å². The average molecular weight is 293 g/mol. The lowest BCUT2D eigenvalue weighted by Crippen LogP contribution is -2.45. The molecule has 0 saturated carbocycles.